The van der Waals surface area contributed by atoms with Crippen LogP contribution in [0.15, 0.2) is 0 Å². The highest BCUT2D eigenvalue weighted by atomic mass is 14.9. The topological polar surface area (TPSA) is 14.1 Å². The second-order valence-electron chi connectivity index (χ2n) is 3.96. The quantitative estimate of drug-likeness (QED) is 0.560. The fraction of sp³-hybridized carbons (Fsp3) is 1.00. The van der Waals surface area contributed by atoms with Crippen molar-refractivity contribution in [1.82, 2.24) is 5.32 Å². The predicted molar refractivity (Wildman–Crippen MR) is 53.4 cm³/mol. The largest absolute Gasteiger partial charge is 0.242 e. The minimum atomic E-state index is 1.01. The molecule has 1 radical (unpaired) electrons. The average Bonchev–Trinajstić information content (AvgIpc) is 2.14. The Kier molecular flexibility index (Phi) is 5.42. The lowest BCUT2D eigenvalue weighted by molar-refractivity contribution is 0.339. The molecule has 0 aliphatic carbocycles. The highest BCUT2D eigenvalue weighted by Crippen LogP contribution is 2.19. The summed E-state index contributed by atoms with van der Waals surface area (Å²) in [6.45, 7) is 4.55. The van der Waals surface area contributed by atoms with E-state index in [1.807, 2.05) is 0 Å². The molecule has 1 heteroatoms. The van der Waals surface area contributed by atoms with Crippen molar-refractivity contribution in [3.8, 4) is 0 Å². The summed E-state index contributed by atoms with van der Waals surface area (Å²) in [5, 5.41) is 4.37. The molecule has 0 N–H and O–H groups in total. The molecule has 0 aromatic carbocycles. The fourth-order valence-corrected chi connectivity index (χ4v) is 1.95. The van der Waals surface area contributed by atoms with Gasteiger partial charge in [0.25, 0.3) is 0 Å². The maximum atomic E-state index is 4.37. The van der Waals surface area contributed by atoms with Crippen molar-refractivity contribution in [1.29, 1.82) is 0 Å². The van der Waals surface area contributed by atoms with Gasteiger partial charge in [0, 0.05) is 13.1 Å². The number of unbranched alkanes of at least 4 members (excludes halogenated alkanes) is 3. The second-order valence-corrected chi connectivity index (χ2v) is 3.96. The van der Waals surface area contributed by atoms with Crippen LogP contribution in [0.2, 0.25) is 0 Å². The Morgan fingerprint density at radius 1 is 1.08 bits per heavy atom. The summed E-state index contributed by atoms with van der Waals surface area (Å²) >= 11 is 0. The van der Waals surface area contributed by atoms with Crippen LogP contribution in [0.25, 0.3) is 0 Å². The molecule has 71 valence electrons. The van der Waals surface area contributed by atoms with Crippen LogP contribution < -0.4 is 5.32 Å². The number of rotatable bonds is 5. The van der Waals surface area contributed by atoms with E-state index in [1.165, 1.54) is 44.9 Å². The van der Waals surface area contributed by atoms with E-state index in [0.717, 1.165) is 19.0 Å². The summed E-state index contributed by atoms with van der Waals surface area (Å²) in [5.74, 6) is 1.01. The summed E-state index contributed by atoms with van der Waals surface area (Å²) in [6.07, 6.45) is 9.90. The molecule has 1 rings (SSSR count). The summed E-state index contributed by atoms with van der Waals surface area (Å²) in [7, 11) is 0. The lowest BCUT2D eigenvalue weighted by Crippen LogP contribution is -2.22. The number of nitrogens with zero attached hydrogens (tertiary/aromatic N) is 1. The molecular formula is C11H22N. The van der Waals surface area contributed by atoms with Crippen molar-refractivity contribution >= 4 is 0 Å². The van der Waals surface area contributed by atoms with Gasteiger partial charge in [0.05, 0.1) is 0 Å². The van der Waals surface area contributed by atoms with E-state index in [9.17, 15) is 0 Å². The third kappa shape index (κ3) is 4.10. The standard InChI is InChI=1S/C11H22N/c1-2-3-4-5-6-11-7-9-12-10-8-11/h11H,2-10H2,1H3. The molecule has 0 saturated carbocycles. The van der Waals surface area contributed by atoms with Gasteiger partial charge in [-0.05, 0) is 18.8 Å². The fourth-order valence-electron chi connectivity index (χ4n) is 1.95. The third-order valence-electron chi connectivity index (χ3n) is 2.86. The second kappa shape index (κ2) is 6.47. The Hall–Kier alpha value is -0.0400. The SMILES string of the molecule is CCCCCCC1CC[N]CC1. The van der Waals surface area contributed by atoms with Gasteiger partial charge in [-0.25, -0.2) is 5.32 Å². The molecule has 12 heavy (non-hydrogen) atoms. The van der Waals surface area contributed by atoms with Crippen molar-refractivity contribution in [3.63, 3.8) is 0 Å². The van der Waals surface area contributed by atoms with Gasteiger partial charge < -0.3 is 0 Å². The van der Waals surface area contributed by atoms with Crippen molar-refractivity contribution < 1.29 is 0 Å². The summed E-state index contributed by atoms with van der Waals surface area (Å²) in [6, 6.07) is 0. The molecule has 0 bridgehead atoms. The van der Waals surface area contributed by atoms with Gasteiger partial charge in [-0.2, -0.15) is 0 Å². The first-order chi connectivity index (χ1) is 5.93. The zero-order valence-corrected chi connectivity index (χ0v) is 8.39. The Morgan fingerprint density at radius 2 is 1.83 bits per heavy atom. The van der Waals surface area contributed by atoms with Gasteiger partial charge in [0.1, 0.15) is 0 Å². The van der Waals surface area contributed by atoms with Crippen molar-refractivity contribution in [2.75, 3.05) is 13.1 Å². The molecule has 1 fully saturated rings. The maximum Gasteiger partial charge on any atom is 0.0136 e. The Morgan fingerprint density at radius 3 is 2.50 bits per heavy atom. The minimum Gasteiger partial charge on any atom is -0.242 e. The lowest BCUT2D eigenvalue weighted by atomic mass is 9.92. The number of piperidine rings is 1. The maximum absolute atomic E-state index is 4.37. The van der Waals surface area contributed by atoms with Crippen LogP contribution in [0.5, 0.6) is 0 Å². The molecule has 1 aliphatic rings. The predicted octanol–water partition coefficient (Wildman–Crippen LogP) is 2.97. The molecule has 0 atom stereocenters. The van der Waals surface area contributed by atoms with E-state index in [1.54, 1.807) is 0 Å². The highest BCUT2D eigenvalue weighted by Gasteiger charge is 2.12. The molecule has 1 saturated heterocycles. The molecule has 0 aromatic rings. The van der Waals surface area contributed by atoms with Gasteiger partial charge in [-0.15, -0.1) is 0 Å². The molecule has 0 spiro atoms. The van der Waals surface area contributed by atoms with Crippen LogP contribution in [0, 0.1) is 5.92 Å². The Bertz CT molecular complexity index is 95.2. The normalized spacial score (nSPS) is 19.8. The smallest absolute Gasteiger partial charge is 0.0136 e. The lowest BCUT2D eigenvalue weighted by Gasteiger charge is -2.21. The molecule has 0 amide bonds. The van der Waals surface area contributed by atoms with Crippen LogP contribution in [0.1, 0.15) is 51.9 Å². The summed E-state index contributed by atoms with van der Waals surface area (Å²) < 4.78 is 0. The van der Waals surface area contributed by atoms with Crippen molar-refractivity contribution in [2.45, 2.75) is 51.9 Å². The van der Waals surface area contributed by atoms with Crippen LogP contribution in [-0.4, -0.2) is 13.1 Å². The van der Waals surface area contributed by atoms with Gasteiger partial charge >= 0.3 is 0 Å². The molecule has 0 aromatic heterocycles. The number of hydrogen-bond acceptors (Lipinski definition) is 0. The molecule has 1 aliphatic heterocycles. The van der Waals surface area contributed by atoms with Gasteiger partial charge in [-0.3, -0.25) is 0 Å². The molecule has 1 nitrogen and oxygen atoms in total. The zero-order valence-electron chi connectivity index (χ0n) is 8.39. The van der Waals surface area contributed by atoms with Crippen molar-refractivity contribution in [2.24, 2.45) is 5.92 Å². The zero-order chi connectivity index (χ0) is 8.65. The van der Waals surface area contributed by atoms with Crippen LogP contribution in [0.4, 0.5) is 0 Å². The molecule has 1 heterocycles. The monoisotopic (exact) mass is 168 g/mol. The highest BCUT2D eigenvalue weighted by molar-refractivity contribution is 4.67. The Balaban J connectivity index is 1.91. The first-order valence-corrected chi connectivity index (χ1v) is 5.56. The third-order valence-corrected chi connectivity index (χ3v) is 2.86. The first kappa shape index (κ1) is 10.0. The van der Waals surface area contributed by atoms with Gasteiger partial charge in [-0.1, -0.05) is 39.0 Å². The van der Waals surface area contributed by atoms with Crippen LogP contribution in [0.3, 0.4) is 0 Å². The van der Waals surface area contributed by atoms with Gasteiger partial charge in [0.15, 0.2) is 0 Å². The van der Waals surface area contributed by atoms with Gasteiger partial charge in [0.2, 0.25) is 0 Å². The molecule has 0 unspecified atom stereocenters. The first-order valence-electron chi connectivity index (χ1n) is 5.56. The van der Waals surface area contributed by atoms with E-state index in [4.69, 9.17) is 0 Å². The minimum absolute atomic E-state index is 1.01. The van der Waals surface area contributed by atoms with Crippen LogP contribution >= 0.6 is 0 Å². The van der Waals surface area contributed by atoms with Crippen molar-refractivity contribution in [3.05, 3.63) is 0 Å². The average molecular weight is 168 g/mol. The molecular weight excluding hydrogens is 146 g/mol. The van der Waals surface area contributed by atoms with E-state index < -0.39 is 0 Å². The van der Waals surface area contributed by atoms with E-state index >= 15 is 0 Å². The Labute approximate surface area is 76.9 Å². The van der Waals surface area contributed by atoms with Crippen LogP contribution in [-0.2, 0) is 0 Å². The summed E-state index contributed by atoms with van der Waals surface area (Å²) in [4.78, 5) is 0. The van der Waals surface area contributed by atoms with E-state index in [2.05, 4.69) is 12.2 Å². The summed E-state index contributed by atoms with van der Waals surface area (Å²) in [5.41, 5.74) is 0. The van der Waals surface area contributed by atoms with E-state index in [0.29, 0.717) is 0 Å². The number of hydrogen-bond donors (Lipinski definition) is 0. The van der Waals surface area contributed by atoms with E-state index in [-0.39, 0.29) is 0 Å².